The molecule has 0 aliphatic carbocycles. The third kappa shape index (κ3) is 3.67. The summed E-state index contributed by atoms with van der Waals surface area (Å²) in [7, 11) is 0. The van der Waals surface area contributed by atoms with Crippen molar-refractivity contribution < 1.29 is 4.74 Å². The van der Waals surface area contributed by atoms with Crippen LogP contribution in [0.25, 0.3) is 0 Å². The van der Waals surface area contributed by atoms with Crippen molar-refractivity contribution in [1.29, 1.82) is 0 Å². The standard InChI is InChI=1S/C11H14N4OS/c1-8-3-2-4-9(7-8)16-5-6-17-11-13-10(12)14-15-11/h2-4,7H,5-6H2,1H3,(H3,12,13,14,15). The Labute approximate surface area is 104 Å². The molecule has 6 heteroatoms. The molecule has 90 valence electrons. The van der Waals surface area contributed by atoms with Crippen LogP contribution in [0, 0.1) is 6.92 Å². The summed E-state index contributed by atoms with van der Waals surface area (Å²) in [5.41, 5.74) is 6.61. The van der Waals surface area contributed by atoms with Gasteiger partial charge in [0, 0.05) is 5.75 Å². The van der Waals surface area contributed by atoms with Gasteiger partial charge >= 0.3 is 0 Å². The van der Waals surface area contributed by atoms with Gasteiger partial charge in [-0.2, -0.15) is 4.98 Å². The van der Waals surface area contributed by atoms with Gasteiger partial charge in [-0.25, -0.2) is 5.10 Å². The number of nitrogen functional groups attached to an aromatic ring is 1. The fourth-order valence-electron chi connectivity index (χ4n) is 1.32. The lowest BCUT2D eigenvalue weighted by atomic mass is 10.2. The van der Waals surface area contributed by atoms with Gasteiger partial charge in [-0.1, -0.05) is 23.9 Å². The number of rotatable bonds is 5. The lowest BCUT2D eigenvalue weighted by Crippen LogP contribution is -2.00. The Morgan fingerprint density at radius 2 is 2.35 bits per heavy atom. The van der Waals surface area contributed by atoms with Gasteiger partial charge in [-0.3, -0.25) is 0 Å². The fourth-order valence-corrected chi connectivity index (χ4v) is 1.94. The van der Waals surface area contributed by atoms with Crippen LogP contribution in [0.1, 0.15) is 5.56 Å². The monoisotopic (exact) mass is 250 g/mol. The van der Waals surface area contributed by atoms with Gasteiger partial charge in [0.25, 0.3) is 0 Å². The van der Waals surface area contributed by atoms with E-state index in [1.54, 1.807) is 0 Å². The van der Waals surface area contributed by atoms with Crippen LogP contribution in [0.2, 0.25) is 0 Å². The van der Waals surface area contributed by atoms with Crippen molar-refractivity contribution in [1.82, 2.24) is 15.2 Å². The summed E-state index contributed by atoms with van der Waals surface area (Å²) in [6, 6.07) is 7.98. The summed E-state index contributed by atoms with van der Waals surface area (Å²) in [5.74, 6) is 2.01. The topological polar surface area (TPSA) is 76.8 Å². The minimum Gasteiger partial charge on any atom is -0.493 e. The zero-order valence-electron chi connectivity index (χ0n) is 9.51. The average Bonchev–Trinajstić information content (AvgIpc) is 2.71. The molecule has 0 bridgehead atoms. The smallest absolute Gasteiger partial charge is 0.216 e. The number of aromatic nitrogens is 3. The van der Waals surface area contributed by atoms with E-state index in [0.717, 1.165) is 11.5 Å². The van der Waals surface area contributed by atoms with E-state index in [2.05, 4.69) is 15.2 Å². The number of thioether (sulfide) groups is 1. The molecular weight excluding hydrogens is 236 g/mol. The van der Waals surface area contributed by atoms with Crippen LogP contribution in [-0.2, 0) is 0 Å². The van der Waals surface area contributed by atoms with Crippen LogP contribution in [0.3, 0.4) is 0 Å². The fraction of sp³-hybridized carbons (Fsp3) is 0.273. The molecule has 0 spiro atoms. The normalized spacial score (nSPS) is 10.4. The van der Waals surface area contributed by atoms with E-state index < -0.39 is 0 Å². The molecule has 1 heterocycles. The third-order valence-electron chi connectivity index (χ3n) is 2.05. The van der Waals surface area contributed by atoms with Gasteiger partial charge in [0.2, 0.25) is 11.1 Å². The van der Waals surface area contributed by atoms with E-state index in [0.29, 0.717) is 17.7 Å². The van der Waals surface area contributed by atoms with Crippen molar-refractivity contribution in [2.75, 3.05) is 18.1 Å². The van der Waals surface area contributed by atoms with E-state index in [1.807, 2.05) is 31.2 Å². The Morgan fingerprint density at radius 1 is 1.47 bits per heavy atom. The second kappa shape index (κ2) is 5.58. The number of hydrogen-bond donors (Lipinski definition) is 2. The molecule has 1 aromatic carbocycles. The second-order valence-corrected chi connectivity index (χ2v) is 4.58. The van der Waals surface area contributed by atoms with Crippen molar-refractivity contribution in [2.24, 2.45) is 0 Å². The molecular formula is C11H14N4OS. The van der Waals surface area contributed by atoms with Gasteiger partial charge in [-0.05, 0) is 24.6 Å². The maximum Gasteiger partial charge on any atom is 0.216 e. The molecule has 17 heavy (non-hydrogen) atoms. The molecule has 0 saturated heterocycles. The van der Waals surface area contributed by atoms with Crippen molar-refractivity contribution in [3.8, 4) is 5.75 Å². The van der Waals surface area contributed by atoms with E-state index in [1.165, 1.54) is 17.3 Å². The Bertz CT molecular complexity index is 486. The van der Waals surface area contributed by atoms with E-state index in [4.69, 9.17) is 10.5 Å². The first-order valence-corrected chi connectivity index (χ1v) is 6.23. The van der Waals surface area contributed by atoms with Crippen LogP contribution < -0.4 is 10.5 Å². The van der Waals surface area contributed by atoms with Gasteiger partial charge in [-0.15, -0.1) is 5.10 Å². The lowest BCUT2D eigenvalue weighted by molar-refractivity contribution is 0.343. The highest BCUT2D eigenvalue weighted by Crippen LogP contribution is 2.15. The molecule has 1 aromatic heterocycles. The Balaban J connectivity index is 1.73. The number of anilines is 1. The van der Waals surface area contributed by atoms with Crippen molar-refractivity contribution in [3.05, 3.63) is 29.8 Å². The highest BCUT2D eigenvalue weighted by Gasteiger charge is 2.01. The average molecular weight is 250 g/mol. The maximum atomic E-state index is 5.60. The number of ether oxygens (including phenoxy) is 1. The highest BCUT2D eigenvalue weighted by molar-refractivity contribution is 7.99. The Morgan fingerprint density at radius 3 is 3.06 bits per heavy atom. The minimum absolute atomic E-state index is 0.340. The number of nitrogens with zero attached hydrogens (tertiary/aromatic N) is 2. The molecule has 0 aliphatic heterocycles. The van der Waals surface area contributed by atoms with Gasteiger partial charge in [0.05, 0.1) is 6.61 Å². The first-order valence-electron chi connectivity index (χ1n) is 5.24. The van der Waals surface area contributed by atoms with Crippen LogP contribution in [0.4, 0.5) is 5.95 Å². The summed E-state index contributed by atoms with van der Waals surface area (Å²) in [4.78, 5) is 3.99. The molecule has 0 radical (unpaired) electrons. The molecule has 0 fully saturated rings. The SMILES string of the molecule is Cc1cccc(OCCSc2n[nH]c(N)n2)c1. The molecule has 0 saturated carbocycles. The van der Waals surface area contributed by atoms with Crippen molar-refractivity contribution in [2.45, 2.75) is 12.1 Å². The zero-order valence-corrected chi connectivity index (χ0v) is 10.3. The summed E-state index contributed by atoms with van der Waals surface area (Å²) >= 11 is 1.51. The second-order valence-electron chi connectivity index (χ2n) is 3.52. The molecule has 0 amide bonds. The van der Waals surface area contributed by atoms with E-state index in [-0.39, 0.29) is 0 Å². The summed E-state index contributed by atoms with van der Waals surface area (Å²) in [6.07, 6.45) is 0. The summed E-state index contributed by atoms with van der Waals surface area (Å²) < 4.78 is 5.60. The van der Waals surface area contributed by atoms with Crippen LogP contribution in [-0.4, -0.2) is 27.5 Å². The molecule has 2 aromatic rings. The number of hydrogen-bond acceptors (Lipinski definition) is 5. The molecule has 0 atom stereocenters. The predicted octanol–water partition coefficient (Wildman–Crippen LogP) is 1.87. The molecule has 0 aliphatic rings. The van der Waals surface area contributed by atoms with Crippen molar-refractivity contribution in [3.63, 3.8) is 0 Å². The van der Waals surface area contributed by atoms with Gasteiger partial charge in [0.15, 0.2) is 0 Å². The molecule has 3 N–H and O–H groups in total. The highest BCUT2D eigenvalue weighted by atomic mass is 32.2. The molecule has 0 unspecified atom stereocenters. The van der Waals surface area contributed by atoms with E-state index >= 15 is 0 Å². The van der Waals surface area contributed by atoms with Crippen LogP contribution in [0.15, 0.2) is 29.4 Å². The predicted molar refractivity (Wildman–Crippen MR) is 68.2 cm³/mol. The number of aryl methyl sites for hydroxylation is 1. The van der Waals surface area contributed by atoms with Gasteiger partial charge in [0.1, 0.15) is 5.75 Å². The van der Waals surface area contributed by atoms with E-state index in [9.17, 15) is 0 Å². The third-order valence-corrected chi connectivity index (χ3v) is 2.87. The number of aromatic amines is 1. The number of H-pyrrole nitrogens is 1. The van der Waals surface area contributed by atoms with Crippen LogP contribution >= 0.6 is 11.8 Å². The first-order chi connectivity index (χ1) is 8.24. The Hall–Kier alpha value is -1.69. The minimum atomic E-state index is 0.340. The quantitative estimate of drug-likeness (QED) is 0.625. The summed E-state index contributed by atoms with van der Waals surface area (Å²) in [6.45, 7) is 2.65. The lowest BCUT2D eigenvalue weighted by Gasteiger charge is -2.05. The first kappa shape index (κ1) is 11.8. The number of nitrogens with two attached hydrogens (primary N) is 1. The Kier molecular flexibility index (Phi) is 3.87. The van der Waals surface area contributed by atoms with Crippen LogP contribution in [0.5, 0.6) is 5.75 Å². The maximum absolute atomic E-state index is 5.60. The van der Waals surface area contributed by atoms with Gasteiger partial charge < -0.3 is 10.5 Å². The summed E-state index contributed by atoms with van der Waals surface area (Å²) in [5, 5.41) is 7.16. The van der Waals surface area contributed by atoms with Crippen molar-refractivity contribution >= 4 is 17.7 Å². The zero-order chi connectivity index (χ0) is 12.1. The largest absolute Gasteiger partial charge is 0.493 e. The number of benzene rings is 1. The molecule has 2 rings (SSSR count). The molecule has 5 nitrogen and oxygen atoms in total. The number of nitrogens with one attached hydrogen (secondary N) is 1.